The summed E-state index contributed by atoms with van der Waals surface area (Å²) < 4.78 is 5.63. The Morgan fingerprint density at radius 1 is 1.05 bits per heavy atom. The molecule has 0 fully saturated rings. The van der Waals surface area contributed by atoms with Crippen molar-refractivity contribution in [2.45, 2.75) is 26.9 Å². The smallest absolute Gasteiger partial charge is 0.265 e. The maximum atomic E-state index is 12.2. The minimum atomic E-state index is -0.707. The zero-order valence-electron chi connectivity index (χ0n) is 12.9. The van der Waals surface area contributed by atoms with Crippen LogP contribution in [0.5, 0.6) is 5.75 Å². The Kier molecular flexibility index (Phi) is 4.94. The van der Waals surface area contributed by atoms with Gasteiger partial charge in [0.05, 0.1) is 5.56 Å². The Morgan fingerprint density at radius 3 is 2.32 bits per heavy atom. The number of carbonyl (C=O) groups excluding carboxylic acids is 2. The van der Waals surface area contributed by atoms with E-state index in [2.05, 4.69) is 5.32 Å². The SMILES string of the molecule is CC(=O)c1ccccc1OC(C)C(=O)Nc1ccc(C)cc1. The summed E-state index contributed by atoms with van der Waals surface area (Å²) in [6.07, 6.45) is -0.707. The number of amides is 1. The van der Waals surface area contributed by atoms with Crippen molar-refractivity contribution in [3.63, 3.8) is 0 Å². The van der Waals surface area contributed by atoms with Crippen molar-refractivity contribution in [2.75, 3.05) is 5.32 Å². The van der Waals surface area contributed by atoms with Crippen LogP contribution in [0.25, 0.3) is 0 Å². The Bertz CT molecular complexity index is 677. The maximum absolute atomic E-state index is 12.2. The summed E-state index contributed by atoms with van der Waals surface area (Å²) in [6.45, 7) is 5.11. The molecular weight excluding hydrogens is 278 g/mol. The summed E-state index contributed by atoms with van der Waals surface area (Å²) in [5.74, 6) is 0.0607. The van der Waals surface area contributed by atoms with E-state index in [1.807, 2.05) is 31.2 Å². The number of carbonyl (C=O) groups is 2. The summed E-state index contributed by atoms with van der Waals surface area (Å²) in [5.41, 5.74) is 2.31. The van der Waals surface area contributed by atoms with Crippen LogP contribution in [-0.2, 0) is 4.79 Å². The molecule has 0 heterocycles. The summed E-state index contributed by atoms with van der Waals surface area (Å²) in [6, 6.07) is 14.4. The molecule has 2 rings (SSSR count). The third-order valence-electron chi connectivity index (χ3n) is 3.26. The first-order chi connectivity index (χ1) is 10.5. The van der Waals surface area contributed by atoms with Crippen molar-refractivity contribution < 1.29 is 14.3 Å². The quantitative estimate of drug-likeness (QED) is 0.858. The standard InChI is InChI=1S/C18H19NO3/c1-12-8-10-15(11-9-12)19-18(21)14(3)22-17-7-5-4-6-16(17)13(2)20/h4-11,14H,1-3H3,(H,19,21). The van der Waals surface area contributed by atoms with Crippen molar-refractivity contribution in [1.82, 2.24) is 0 Å². The molecule has 0 spiro atoms. The number of anilines is 1. The van der Waals surface area contributed by atoms with E-state index in [0.717, 1.165) is 5.56 Å². The van der Waals surface area contributed by atoms with Crippen molar-refractivity contribution >= 4 is 17.4 Å². The van der Waals surface area contributed by atoms with Crippen LogP contribution in [0.3, 0.4) is 0 Å². The van der Waals surface area contributed by atoms with Gasteiger partial charge >= 0.3 is 0 Å². The summed E-state index contributed by atoms with van der Waals surface area (Å²) >= 11 is 0. The Morgan fingerprint density at radius 2 is 1.68 bits per heavy atom. The molecule has 1 amide bonds. The molecule has 4 nitrogen and oxygen atoms in total. The van der Waals surface area contributed by atoms with Crippen LogP contribution in [0.4, 0.5) is 5.69 Å². The topological polar surface area (TPSA) is 55.4 Å². The van der Waals surface area contributed by atoms with Gasteiger partial charge < -0.3 is 10.1 Å². The van der Waals surface area contributed by atoms with E-state index >= 15 is 0 Å². The number of para-hydroxylation sites is 1. The van der Waals surface area contributed by atoms with Gasteiger partial charge in [-0.1, -0.05) is 29.8 Å². The molecule has 0 saturated heterocycles. The lowest BCUT2D eigenvalue weighted by Crippen LogP contribution is -2.30. The van der Waals surface area contributed by atoms with E-state index in [0.29, 0.717) is 17.0 Å². The highest BCUT2D eigenvalue weighted by Gasteiger charge is 2.17. The number of ether oxygens (including phenoxy) is 1. The predicted octanol–water partition coefficient (Wildman–Crippen LogP) is 3.60. The zero-order chi connectivity index (χ0) is 16.1. The molecule has 4 heteroatoms. The Balaban J connectivity index is 2.05. The van der Waals surface area contributed by atoms with E-state index in [1.165, 1.54) is 6.92 Å². The van der Waals surface area contributed by atoms with Gasteiger partial charge in [-0.05, 0) is 45.0 Å². The molecule has 114 valence electrons. The lowest BCUT2D eigenvalue weighted by molar-refractivity contribution is -0.122. The van der Waals surface area contributed by atoms with Crippen LogP contribution >= 0.6 is 0 Å². The molecule has 0 aliphatic heterocycles. The number of ketones is 1. The second kappa shape index (κ2) is 6.89. The molecule has 1 atom stereocenters. The normalized spacial score (nSPS) is 11.6. The van der Waals surface area contributed by atoms with Gasteiger partial charge in [0.1, 0.15) is 5.75 Å². The number of aryl methyl sites for hydroxylation is 1. The fourth-order valence-corrected chi connectivity index (χ4v) is 1.99. The molecule has 22 heavy (non-hydrogen) atoms. The van der Waals surface area contributed by atoms with Gasteiger partial charge in [0, 0.05) is 5.69 Å². The number of hydrogen-bond acceptors (Lipinski definition) is 3. The monoisotopic (exact) mass is 297 g/mol. The fourth-order valence-electron chi connectivity index (χ4n) is 1.99. The molecule has 1 unspecified atom stereocenters. The highest BCUT2D eigenvalue weighted by molar-refractivity contribution is 5.97. The van der Waals surface area contributed by atoms with E-state index in [9.17, 15) is 9.59 Å². The summed E-state index contributed by atoms with van der Waals surface area (Å²) in [4.78, 5) is 23.7. The van der Waals surface area contributed by atoms with Crippen LogP contribution in [0, 0.1) is 6.92 Å². The summed E-state index contributed by atoms with van der Waals surface area (Å²) in [7, 11) is 0. The molecule has 0 radical (unpaired) electrons. The molecule has 0 aliphatic rings. The van der Waals surface area contributed by atoms with Crippen molar-refractivity contribution in [3.8, 4) is 5.75 Å². The molecule has 0 saturated carbocycles. The Labute approximate surface area is 130 Å². The van der Waals surface area contributed by atoms with Crippen LogP contribution in [-0.4, -0.2) is 17.8 Å². The predicted molar refractivity (Wildman–Crippen MR) is 86.3 cm³/mol. The van der Waals surface area contributed by atoms with Gasteiger partial charge in [0.2, 0.25) is 0 Å². The number of Topliss-reactive ketones (excluding diaryl/α,β-unsaturated/α-hetero) is 1. The zero-order valence-corrected chi connectivity index (χ0v) is 12.9. The van der Waals surface area contributed by atoms with Crippen LogP contribution in [0.1, 0.15) is 29.8 Å². The minimum Gasteiger partial charge on any atom is -0.480 e. The van der Waals surface area contributed by atoms with Gasteiger partial charge in [0.25, 0.3) is 5.91 Å². The largest absolute Gasteiger partial charge is 0.480 e. The third kappa shape index (κ3) is 3.95. The molecule has 0 aromatic heterocycles. The average molecular weight is 297 g/mol. The Hall–Kier alpha value is -2.62. The highest BCUT2D eigenvalue weighted by atomic mass is 16.5. The lowest BCUT2D eigenvalue weighted by atomic mass is 10.1. The first kappa shape index (κ1) is 15.8. The van der Waals surface area contributed by atoms with Crippen molar-refractivity contribution in [3.05, 3.63) is 59.7 Å². The molecule has 0 aliphatic carbocycles. The van der Waals surface area contributed by atoms with Gasteiger partial charge in [0.15, 0.2) is 11.9 Å². The number of rotatable bonds is 5. The third-order valence-corrected chi connectivity index (χ3v) is 3.26. The lowest BCUT2D eigenvalue weighted by Gasteiger charge is -2.16. The van der Waals surface area contributed by atoms with E-state index in [4.69, 9.17) is 4.74 Å². The van der Waals surface area contributed by atoms with Crippen molar-refractivity contribution in [1.29, 1.82) is 0 Å². The van der Waals surface area contributed by atoms with Crippen LogP contribution in [0.2, 0.25) is 0 Å². The first-order valence-electron chi connectivity index (χ1n) is 7.11. The second-order valence-electron chi connectivity index (χ2n) is 5.17. The van der Waals surface area contributed by atoms with Gasteiger partial charge in [-0.25, -0.2) is 0 Å². The van der Waals surface area contributed by atoms with E-state index in [-0.39, 0.29) is 11.7 Å². The van der Waals surface area contributed by atoms with E-state index < -0.39 is 6.10 Å². The number of nitrogens with one attached hydrogen (secondary N) is 1. The van der Waals surface area contributed by atoms with Crippen molar-refractivity contribution in [2.24, 2.45) is 0 Å². The molecule has 2 aromatic carbocycles. The minimum absolute atomic E-state index is 0.0956. The van der Waals surface area contributed by atoms with Gasteiger partial charge in [-0.2, -0.15) is 0 Å². The van der Waals surface area contributed by atoms with Gasteiger partial charge in [-0.15, -0.1) is 0 Å². The van der Waals surface area contributed by atoms with Gasteiger partial charge in [-0.3, -0.25) is 9.59 Å². The van der Waals surface area contributed by atoms with Crippen LogP contribution in [0.15, 0.2) is 48.5 Å². The number of hydrogen-bond donors (Lipinski definition) is 1. The maximum Gasteiger partial charge on any atom is 0.265 e. The second-order valence-corrected chi connectivity index (χ2v) is 5.17. The molecule has 1 N–H and O–H groups in total. The average Bonchev–Trinajstić information content (AvgIpc) is 2.49. The molecule has 2 aromatic rings. The highest BCUT2D eigenvalue weighted by Crippen LogP contribution is 2.20. The first-order valence-corrected chi connectivity index (χ1v) is 7.11. The fraction of sp³-hybridized carbons (Fsp3) is 0.222. The molecule has 0 bridgehead atoms. The van der Waals surface area contributed by atoms with Crippen LogP contribution < -0.4 is 10.1 Å². The molecular formula is C18H19NO3. The summed E-state index contributed by atoms with van der Waals surface area (Å²) in [5, 5.41) is 2.79. The number of benzene rings is 2. The van der Waals surface area contributed by atoms with E-state index in [1.54, 1.807) is 31.2 Å².